The van der Waals surface area contributed by atoms with Crippen molar-refractivity contribution in [2.45, 2.75) is 0 Å². The molecule has 0 atom stereocenters. The SMILES string of the molecule is CNN(C(N)=S)c1ccc(C=O)c(N)c1. The topological polar surface area (TPSA) is 84.4 Å². The fraction of sp³-hybridized carbons (Fsp3) is 0.111. The first-order valence-corrected chi connectivity index (χ1v) is 4.62. The lowest BCUT2D eigenvalue weighted by Gasteiger charge is -2.21. The Morgan fingerprint density at radius 3 is 2.67 bits per heavy atom. The van der Waals surface area contributed by atoms with E-state index in [1.807, 2.05) is 0 Å². The van der Waals surface area contributed by atoms with Gasteiger partial charge in [-0.25, -0.2) is 5.43 Å². The molecular formula is C9H12N4OS. The van der Waals surface area contributed by atoms with Crippen LogP contribution in [-0.4, -0.2) is 18.4 Å². The van der Waals surface area contributed by atoms with Gasteiger partial charge >= 0.3 is 0 Å². The molecule has 6 heteroatoms. The molecule has 0 unspecified atom stereocenters. The highest BCUT2D eigenvalue weighted by atomic mass is 32.1. The van der Waals surface area contributed by atoms with E-state index in [0.717, 1.165) is 0 Å². The number of nitrogen functional groups attached to an aromatic ring is 1. The Morgan fingerprint density at radius 1 is 1.60 bits per heavy atom. The van der Waals surface area contributed by atoms with Gasteiger partial charge in [0.2, 0.25) is 0 Å². The van der Waals surface area contributed by atoms with Gasteiger partial charge in [-0.2, -0.15) is 0 Å². The number of thiocarbonyl (C=S) groups is 1. The number of hydrogen-bond donors (Lipinski definition) is 3. The predicted molar refractivity (Wildman–Crippen MR) is 64.6 cm³/mol. The Bertz CT molecular complexity index is 394. The van der Waals surface area contributed by atoms with Crippen molar-refractivity contribution in [3.05, 3.63) is 23.8 Å². The maximum atomic E-state index is 10.6. The summed E-state index contributed by atoms with van der Waals surface area (Å²) < 4.78 is 0. The highest BCUT2D eigenvalue weighted by Gasteiger charge is 2.08. The van der Waals surface area contributed by atoms with Crippen LogP contribution in [0.2, 0.25) is 0 Å². The highest BCUT2D eigenvalue weighted by Crippen LogP contribution is 2.19. The predicted octanol–water partition coefficient (Wildman–Crippen LogP) is 0.266. The van der Waals surface area contributed by atoms with E-state index in [1.54, 1.807) is 25.2 Å². The third kappa shape index (κ3) is 2.42. The lowest BCUT2D eigenvalue weighted by Crippen LogP contribution is -2.44. The molecule has 0 radical (unpaired) electrons. The summed E-state index contributed by atoms with van der Waals surface area (Å²) in [6.07, 6.45) is 0.698. The molecular weight excluding hydrogens is 212 g/mol. The summed E-state index contributed by atoms with van der Waals surface area (Å²) in [5.41, 5.74) is 15.5. The summed E-state index contributed by atoms with van der Waals surface area (Å²) in [5, 5.41) is 1.66. The lowest BCUT2D eigenvalue weighted by atomic mass is 10.2. The van der Waals surface area contributed by atoms with Crippen LogP contribution in [0.15, 0.2) is 18.2 Å². The molecule has 0 aliphatic rings. The number of hydrogen-bond acceptors (Lipinski definition) is 4. The van der Waals surface area contributed by atoms with Gasteiger partial charge in [-0.05, 0) is 30.4 Å². The third-order valence-electron chi connectivity index (χ3n) is 1.90. The molecule has 80 valence electrons. The Labute approximate surface area is 93.0 Å². The van der Waals surface area contributed by atoms with E-state index in [2.05, 4.69) is 5.43 Å². The molecule has 5 N–H and O–H groups in total. The van der Waals surface area contributed by atoms with E-state index in [1.165, 1.54) is 5.01 Å². The van der Waals surface area contributed by atoms with Crippen LogP contribution in [0.5, 0.6) is 0 Å². The van der Waals surface area contributed by atoms with Crippen molar-refractivity contribution in [1.29, 1.82) is 0 Å². The van der Waals surface area contributed by atoms with Crippen molar-refractivity contribution >= 4 is 35.0 Å². The average molecular weight is 224 g/mol. The molecule has 0 heterocycles. The zero-order chi connectivity index (χ0) is 11.4. The third-order valence-corrected chi connectivity index (χ3v) is 2.08. The van der Waals surface area contributed by atoms with Crippen molar-refractivity contribution in [2.75, 3.05) is 17.8 Å². The van der Waals surface area contributed by atoms with Gasteiger partial charge in [0.25, 0.3) is 0 Å². The summed E-state index contributed by atoms with van der Waals surface area (Å²) >= 11 is 4.83. The monoisotopic (exact) mass is 224 g/mol. The molecule has 5 nitrogen and oxygen atoms in total. The van der Waals surface area contributed by atoms with E-state index in [0.29, 0.717) is 23.2 Å². The molecule has 0 saturated heterocycles. The summed E-state index contributed by atoms with van der Waals surface area (Å²) in [6, 6.07) is 4.94. The molecule has 0 bridgehead atoms. The molecule has 0 aliphatic carbocycles. The number of rotatable bonds is 3. The van der Waals surface area contributed by atoms with Crippen LogP contribution < -0.4 is 21.9 Å². The highest BCUT2D eigenvalue weighted by molar-refractivity contribution is 7.80. The maximum Gasteiger partial charge on any atom is 0.185 e. The number of hydrazine groups is 1. The van der Waals surface area contributed by atoms with Crippen LogP contribution in [-0.2, 0) is 0 Å². The number of nitrogens with one attached hydrogen (secondary N) is 1. The Morgan fingerprint density at radius 2 is 2.27 bits per heavy atom. The lowest BCUT2D eigenvalue weighted by molar-refractivity contribution is 0.112. The number of nitrogens with zero attached hydrogens (tertiary/aromatic N) is 1. The van der Waals surface area contributed by atoms with Crippen LogP contribution in [0.3, 0.4) is 0 Å². The van der Waals surface area contributed by atoms with Crippen molar-refractivity contribution in [3.63, 3.8) is 0 Å². The standard InChI is InChI=1S/C9H12N4OS/c1-12-13(9(11)15)7-3-2-6(5-14)8(10)4-7/h2-5,12H,10H2,1H3,(H2,11,15). The van der Waals surface area contributed by atoms with Gasteiger partial charge < -0.3 is 11.5 Å². The van der Waals surface area contributed by atoms with Crippen LogP contribution in [0, 0.1) is 0 Å². The molecule has 0 amide bonds. The Balaban J connectivity index is 3.10. The first kappa shape index (κ1) is 11.4. The summed E-state index contributed by atoms with van der Waals surface area (Å²) in [7, 11) is 1.68. The molecule has 0 aliphatic heterocycles. The summed E-state index contributed by atoms with van der Waals surface area (Å²) in [5.74, 6) is 0. The number of benzene rings is 1. The van der Waals surface area contributed by atoms with E-state index in [-0.39, 0.29) is 5.11 Å². The Kier molecular flexibility index (Phi) is 3.59. The van der Waals surface area contributed by atoms with Crippen LogP contribution in [0.4, 0.5) is 11.4 Å². The first-order chi connectivity index (χ1) is 7.10. The van der Waals surface area contributed by atoms with Crippen molar-refractivity contribution < 1.29 is 4.79 Å². The minimum Gasteiger partial charge on any atom is -0.398 e. The zero-order valence-electron chi connectivity index (χ0n) is 8.23. The summed E-state index contributed by atoms with van der Waals surface area (Å²) in [4.78, 5) is 10.6. The second-order valence-corrected chi connectivity index (χ2v) is 3.25. The van der Waals surface area contributed by atoms with E-state index in [4.69, 9.17) is 23.7 Å². The molecule has 1 aromatic rings. The van der Waals surface area contributed by atoms with Gasteiger partial charge in [-0.15, -0.1) is 0 Å². The summed E-state index contributed by atoms with van der Waals surface area (Å²) in [6.45, 7) is 0. The first-order valence-electron chi connectivity index (χ1n) is 4.21. The van der Waals surface area contributed by atoms with Crippen LogP contribution in [0.1, 0.15) is 10.4 Å². The quantitative estimate of drug-likeness (QED) is 0.296. The van der Waals surface area contributed by atoms with Gasteiger partial charge in [0.15, 0.2) is 11.4 Å². The van der Waals surface area contributed by atoms with E-state index >= 15 is 0 Å². The van der Waals surface area contributed by atoms with Gasteiger partial charge in [-0.3, -0.25) is 9.80 Å². The number of carbonyl (C=O) groups is 1. The number of aldehydes is 1. The maximum absolute atomic E-state index is 10.6. The van der Waals surface area contributed by atoms with E-state index < -0.39 is 0 Å². The molecule has 1 rings (SSSR count). The fourth-order valence-corrected chi connectivity index (χ4v) is 1.37. The minimum absolute atomic E-state index is 0.177. The van der Waals surface area contributed by atoms with Crippen molar-refractivity contribution in [2.24, 2.45) is 5.73 Å². The average Bonchev–Trinajstić information content (AvgIpc) is 2.18. The largest absolute Gasteiger partial charge is 0.398 e. The minimum atomic E-state index is 0.177. The van der Waals surface area contributed by atoms with Crippen LogP contribution in [0.25, 0.3) is 0 Å². The molecule has 0 spiro atoms. The number of carbonyl (C=O) groups excluding carboxylic acids is 1. The molecule has 1 aromatic carbocycles. The van der Waals surface area contributed by atoms with Gasteiger partial charge in [0, 0.05) is 18.3 Å². The normalized spacial score (nSPS) is 9.67. The molecule has 0 aromatic heterocycles. The molecule has 0 saturated carbocycles. The zero-order valence-corrected chi connectivity index (χ0v) is 9.04. The molecule has 15 heavy (non-hydrogen) atoms. The Hall–Kier alpha value is -1.66. The van der Waals surface area contributed by atoms with Gasteiger partial charge in [-0.1, -0.05) is 0 Å². The smallest absolute Gasteiger partial charge is 0.185 e. The molecule has 0 fully saturated rings. The number of anilines is 2. The van der Waals surface area contributed by atoms with E-state index in [9.17, 15) is 4.79 Å². The van der Waals surface area contributed by atoms with Gasteiger partial charge in [0.1, 0.15) is 0 Å². The second-order valence-electron chi connectivity index (χ2n) is 2.83. The van der Waals surface area contributed by atoms with Gasteiger partial charge in [0.05, 0.1) is 5.69 Å². The van der Waals surface area contributed by atoms with Crippen LogP contribution >= 0.6 is 12.2 Å². The second kappa shape index (κ2) is 4.72. The number of nitrogens with two attached hydrogens (primary N) is 2. The van der Waals surface area contributed by atoms with Crippen molar-refractivity contribution in [1.82, 2.24) is 5.43 Å². The van der Waals surface area contributed by atoms with Crippen molar-refractivity contribution in [3.8, 4) is 0 Å². The fourth-order valence-electron chi connectivity index (χ4n) is 1.18.